The van der Waals surface area contributed by atoms with Gasteiger partial charge >= 0.3 is 0 Å². The first kappa shape index (κ1) is 27.1. The number of aliphatic hydroxyl groups is 3. The molecule has 0 saturated carbocycles. The summed E-state index contributed by atoms with van der Waals surface area (Å²) in [6.07, 6.45) is 1.57. The number of terminal acetylenes is 1. The average molecular weight is 522 g/mol. The highest BCUT2D eigenvalue weighted by atomic mass is 16.7. The summed E-state index contributed by atoms with van der Waals surface area (Å²) < 4.78 is 11.5. The van der Waals surface area contributed by atoms with Gasteiger partial charge in [-0.15, -0.1) is 22.5 Å². The zero-order valence-corrected chi connectivity index (χ0v) is 20.9. The van der Waals surface area contributed by atoms with Gasteiger partial charge in [0.1, 0.15) is 35.9 Å². The molecule has 2 aliphatic rings. The Morgan fingerprint density at radius 3 is 2.55 bits per heavy atom. The van der Waals surface area contributed by atoms with Crippen molar-refractivity contribution in [2.75, 3.05) is 6.61 Å². The number of benzene rings is 2. The maximum atomic E-state index is 11.6. The molecule has 5 N–H and O–H groups in total. The molecule has 0 aliphatic carbocycles. The van der Waals surface area contributed by atoms with E-state index >= 15 is 0 Å². The second kappa shape index (κ2) is 12.5. The quantitative estimate of drug-likeness (QED) is 0.300. The first-order valence-electron chi connectivity index (χ1n) is 12.2. The zero-order chi connectivity index (χ0) is 27.1. The Labute approximate surface area is 220 Å². The van der Waals surface area contributed by atoms with Crippen molar-refractivity contribution in [2.24, 2.45) is 10.2 Å². The monoisotopic (exact) mass is 521 g/mol. The van der Waals surface area contributed by atoms with Crippen molar-refractivity contribution < 1.29 is 29.6 Å². The lowest BCUT2D eigenvalue weighted by atomic mass is 9.97. The van der Waals surface area contributed by atoms with Gasteiger partial charge in [-0.05, 0) is 17.7 Å². The van der Waals surface area contributed by atoms with E-state index in [0.717, 1.165) is 11.1 Å². The summed E-state index contributed by atoms with van der Waals surface area (Å²) in [4.78, 5) is 11.6. The summed E-state index contributed by atoms with van der Waals surface area (Å²) in [6.45, 7) is 1.22. The Morgan fingerprint density at radius 1 is 1.16 bits per heavy atom. The van der Waals surface area contributed by atoms with Crippen molar-refractivity contribution in [3.05, 3.63) is 65.7 Å². The lowest BCUT2D eigenvalue weighted by Crippen LogP contribution is -2.65. The molecule has 2 aromatic rings. The lowest BCUT2D eigenvalue weighted by molar-refractivity contribution is -0.244. The van der Waals surface area contributed by atoms with Gasteiger partial charge in [0.25, 0.3) is 0 Å². The number of hydrazine groups is 1. The van der Waals surface area contributed by atoms with Crippen LogP contribution in [-0.2, 0) is 16.1 Å². The van der Waals surface area contributed by atoms with E-state index in [1.165, 1.54) is 6.92 Å². The number of rotatable bonds is 9. The highest BCUT2D eigenvalue weighted by Crippen LogP contribution is 2.25. The molecule has 0 spiro atoms. The highest BCUT2D eigenvalue weighted by molar-refractivity contribution is 6.01. The molecule has 2 aromatic carbocycles. The molecule has 4 unspecified atom stereocenters. The van der Waals surface area contributed by atoms with Crippen LogP contribution in [0.2, 0.25) is 0 Å². The summed E-state index contributed by atoms with van der Waals surface area (Å²) in [5.74, 6) is 3.94. The second-order valence-corrected chi connectivity index (χ2v) is 8.93. The Hall–Kier alpha value is -3.95. The highest BCUT2D eigenvalue weighted by Gasteiger charge is 2.46. The predicted octanol–water partition coefficient (Wildman–Crippen LogP) is 0.503. The fourth-order valence-electron chi connectivity index (χ4n) is 4.16. The number of nitrogens with one attached hydrogen (secondary N) is 2. The van der Waals surface area contributed by atoms with Crippen LogP contribution in [-0.4, -0.2) is 75.2 Å². The van der Waals surface area contributed by atoms with Crippen LogP contribution in [0.3, 0.4) is 0 Å². The van der Waals surface area contributed by atoms with Crippen LogP contribution < -0.4 is 15.5 Å². The maximum Gasteiger partial charge on any atom is 0.223 e. The lowest BCUT2D eigenvalue weighted by Gasteiger charge is -2.42. The third kappa shape index (κ3) is 6.48. The number of amides is 1. The standard InChI is InChI=1S/C27H31N5O6/c1-3-4-10-22-29-30-26(19-8-6-5-7-9-19)31-32(22)15-18-11-13-20(14-12-18)37-27-23(28-17(2)34)25(36)24(35)21(16-33)38-27/h1,5-9,11-14,21,23-25,27,33,35-36H,4,10,15-16H2,2H3,(H,28,34)(H,30,31)/t21?,23?,24-,25?,27?/m1/s1. The SMILES string of the molecule is C#CCCC1=NN=C(c2ccccc2)NN1Cc1ccc(OC2OC(CO)[C@@H](O)C(O)C2NC(C)=O)cc1. The summed E-state index contributed by atoms with van der Waals surface area (Å²) in [5, 5.41) is 43.3. The number of aliphatic hydroxyl groups excluding tert-OH is 3. The van der Waals surface area contributed by atoms with Crippen LogP contribution in [0.1, 0.15) is 30.9 Å². The van der Waals surface area contributed by atoms with E-state index in [4.69, 9.17) is 15.9 Å². The molecule has 1 fully saturated rings. The molecule has 1 amide bonds. The topological polar surface area (TPSA) is 148 Å². The van der Waals surface area contributed by atoms with E-state index in [1.54, 1.807) is 12.1 Å². The Bertz CT molecular complexity index is 1200. The molecule has 0 radical (unpaired) electrons. The minimum absolute atomic E-state index is 0.411. The Morgan fingerprint density at radius 2 is 1.89 bits per heavy atom. The first-order valence-corrected chi connectivity index (χ1v) is 12.2. The van der Waals surface area contributed by atoms with Crippen molar-refractivity contribution >= 4 is 17.6 Å². The molecule has 11 nitrogen and oxygen atoms in total. The van der Waals surface area contributed by atoms with Crippen molar-refractivity contribution in [1.82, 2.24) is 15.8 Å². The van der Waals surface area contributed by atoms with E-state index < -0.39 is 43.2 Å². The fourth-order valence-corrected chi connectivity index (χ4v) is 4.16. The second-order valence-electron chi connectivity index (χ2n) is 8.93. The number of carbonyl (C=O) groups is 1. The van der Waals surface area contributed by atoms with Crippen LogP contribution in [0.4, 0.5) is 0 Å². The number of carbonyl (C=O) groups excluding carboxylic acids is 1. The number of amidine groups is 2. The van der Waals surface area contributed by atoms with E-state index in [9.17, 15) is 20.1 Å². The van der Waals surface area contributed by atoms with Gasteiger partial charge in [0, 0.05) is 25.3 Å². The van der Waals surface area contributed by atoms with Crippen LogP contribution in [0, 0.1) is 12.3 Å². The molecule has 2 aliphatic heterocycles. The summed E-state index contributed by atoms with van der Waals surface area (Å²) in [6, 6.07) is 15.8. The van der Waals surface area contributed by atoms with Gasteiger partial charge < -0.3 is 30.1 Å². The minimum Gasteiger partial charge on any atom is -0.463 e. The number of hydrogen-bond acceptors (Lipinski definition) is 10. The Kier molecular flexibility index (Phi) is 8.93. The van der Waals surface area contributed by atoms with Gasteiger partial charge in [-0.2, -0.15) is 0 Å². The van der Waals surface area contributed by atoms with Crippen molar-refractivity contribution in [2.45, 2.75) is 57.0 Å². The predicted molar refractivity (Wildman–Crippen MR) is 140 cm³/mol. The van der Waals surface area contributed by atoms with Crippen LogP contribution in [0.15, 0.2) is 64.8 Å². The number of nitrogens with zero attached hydrogens (tertiary/aromatic N) is 3. The summed E-state index contributed by atoms with van der Waals surface area (Å²) in [7, 11) is 0. The summed E-state index contributed by atoms with van der Waals surface area (Å²) >= 11 is 0. The maximum absolute atomic E-state index is 11.6. The van der Waals surface area contributed by atoms with E-state index in [2.05, 4.69) is 26.9 Å². The van der Waals surface area contributed by atoms with Gasteiger partial charge in [0.05, 0.1) is 13.2 Å². The average Bonchev–Trinajstić information content (AvgIpc) is 2.93. The molecule has 4 rings (SSSR count). The first-order chi connectivity index (χ1) is 18.4. The molecule has 5 atom stereocenters. The van der Waals surface area contributed by atoms with Gasteiger partial charge in [0.2, 0.25) is 12.2 Å². The molecule has 2 heterocycles. The van der Waals surface area contributed by atoms with Crippen molar-refractivity contribution in [3.63, 3.8) is 0 Å². The van der Waals surface area contributed by atoms with Gasteiger partial charge in [-0.1, -0.05) is 42.5 Å². The van der Waals surface area contributed by atoms with E-state index in [0.29, 0.717) is 36.8 Å². The van der Waals surface area contributed by atoms with Gasteiger partial charge in [0.15, 0.2) is 5.84 Å². The molecule has 38 heavy (non-hydrogen) atoms. The molecule has 11 heteroatoms. The van der Waals surface area contributed by atoms with Crippen molar-refractivity contribution in [3.8, 4) is 18.1 Å². The molecular formula is C27H31N5O6. The smallest absolute Gasteiger partial charge is 0.223 e. The molecule has 0 bridgehead atoms. The third-order valence-corrected chi connectivity index (χ3v) is 6.13. The largest absolute Gasteiger partial charge is 0.463 e. The van der Waals surface area contributed by atoms with Crippen LogP contribution in [0.5, 0.6) is 5.75 Å². The molecule has 1 saturated heterocycles. The molecule has 200 valence electrons. The third-order valence-electron chi connectivity index (χ3n) is 6.13. The molecular weight excluding hydrogens is 490 g/mol. The normalized spacial score (nSPS) is 24.9. The number of hydrogen-bond donors (Lipinski definition) is 5. The van der Waals surface area contributed by atoms with Gasteiger partial charge in [-0.25, -0.2) is 0 Å². The van der Waals surface area contributed by atoms with Gasteiger partial charge in [-0.3, -0.25) is 15.2 Å². The number of ether oxygens (including phenoxy) is 2. The van der Waals surface area contributed by atoms with Crippen LogP contribution in [0.25, 0.3) is 0 Å². The Balaban J connectivity index is 1.46. The van der Waals surface area contributed by atoms with E-state index in [-0.39, 0.29) is 0 Å². The van der Waals surface area contributed by atoms with Crippen LogP contribution >= 0.6 is 0 Å². The fraction of sp³-hybridized carbons (Fsp3) is 0.370. The summed E-state index contributed by atoms with van der Waals surface area (Å²) in [5.41, 5.74) is 5.15. The zero-order valence-electron chi connectivity index (χ0n) is 20.9. The minimum atomic E-state index is -1.39. The molecule has 0 aromatic heterocycles. The van der Waals surface area contributed by atoms with E-state index in [1.807, 2.05) is 47.5 Å². The van der Waals surface area contributed by atoms with Crippen molar-refractivity contribution in [1.29, 1.82) is 0 Å².